The summed E-state index contributed by atoms with van der Waals surface area (Å²) in [5.41, 5.74) is 1.47. The van der Waals surface area contributed by atoms with Crippen LogP contribution in [0.5, 0.6) is 11.5 Å². The first-order valence-corrected chi connectivity index (χ1v) is 4.41. The van der Waals surface area contributed by atoms with E-state index in [1.54, 1.807) is 6.07 Å². The lowest BCUT2D eigenvalue weighted by Gasteiger charge is -2.10. The van der Waals surface area contributed by atoms with E-state index in [1.165, 1.54) is 14.0 Å². The Morgan fingerprint density at radius 3 is 2.64 bits per heavy atom. The number of aromatic hydroxyl groups is 1. The number of aryl methyl sites for hydroxylation is 1. The fraction of sp³-hybridized carbons (Fsp3) is 0.364. The highest BCUT2D eigenvalue weighted by Crippen LogP contribution is 2.33. The molecule has 1 aromatic rings. The molecular weight excluding hydrogens is 180 g/mol. The van der Waals surface area contributed by atoms with Crippen LogP contribution in [0.15, 0.2) is 12.1 Å². The third-order valence-electron chi connectivity index (χ3n) is 2.06. The molecule has 3 heteroatoms. The van der Waals surface area contributed by atoms with Crippen molar-refractivity contribution in [3.05, 3.63) is 23.3 Å². The Bertz CT molecular complexity index is 356. The standard InChI is InChI=1S/C11H14O3/c1-7-4-5-9(6-8(2)12)10(13)11(7)14-3/h4-5,13H,6H2,1-3H3. The topological polar surface area (TPSA) is 46.5 Å². The second kappa shape index (κ2) is 4.13. The second-order valence-corrected chi connectivity index (χ2v) is 3.30. The Morgan fingerprint density at radius 1 is 1.50 bits per heavy atom. The summed E-state index contributed by atoms with van der Waals surface area (Å²) < 4.78 is 5.04. The molecule has 1 N–H and O–H groups in total. The summed E-state index contributed by atoms with van der Waals surface area (Å²) in [7, 11) is 1.50. The van der Waals surface area contributed by atoms with Crippen molar-refractivity contribution in [3.63, 3.8) is 0 Å². The summed E-state index contributed by atoms with van der Waals surface area (Å²) in [6.07, 6.45) is 0.239. The van der Waals surface area contributed by atoms with E-state index in [0.29, 0.717) is 11.3 Å². The Labute approximate surface area is 83.3 Å². The maximum absolute atomic E-state index is 10.9. The van der Waals surface area contributed by atoms with Crippen molar-refractivity contribution in [2.24, 2.45) is 0 Å². The molecule has 0 saturated carbocycles. The number of carbonyl (C=O) groups excluding carboxylic acids is 1. The summed E-state index contributed by atoms with van der Waals surface area (Å²) >= 11 is 0. The summed E-state index contributed by atoms with van der Waals surface area (Å²) in [6.45, 7) is 3.34. The largest absolute Gasteiger partial charge is 0.504 e. The van der Waals surface area contributed by atoms with Crippen LogP contribution >= 0.6 is 0 Å². The van der Waals surface area contributed by atoms with E-state index in [4.69, 9.17) is 4.74 Å². The van der Waals surface area contributed by atoms with Gasteiger partial charge >= 0.3 is 0 Å². The van der Waals surface area contributed by atoms with Gasteiger partial charge in [-0.25, -0.2) is 0 Å². The molecule has 1 aromatic carbocycles. The fourth-order valence-corrected chi connectivity index (χ4v) is 1.38. The minimum Gasteiger partial charge on any atom is -0.504 e. The van der Waals surface area contributed by atoms with Gasteiger partial charge in [-0.05, 0) is 19.4 Å². The van der Waals surface area contributed by atoms with E-state index in [0.717, 1.165) is 5.56 Å². The number of phenolic OH excluding ortho intramolecular Hbond substituents is 1. The number of rotatable bonds is 3. The Morgan fingerprint density at radius 2 is 2.14 bits per heavy atom. The van der Waals surface area contributed by atoms with Crippen molar-refractivity contribution in [2.75, 3.05) is 7.11 Å². The van der Waals surface area contributed by atoms with Gasteiger partial charge in [0.25, 0.3) is 0 Å². The van der Waals surface area contributed by atoms with Crippen LogP contribution in [0.2, 0.25) is 0 Å². The van der Waals surface area contributed by atoms with E-state index in [9.17, 15) is 9.90 Å². The van der Waals surface area contributed by atoms with Gasteiger partial charge in [0.1, 0.15) is 5.78 Å². The molecule has 3 nitrogen and oxygen atoms in total. The molecule has 76 valence electrons. The van der Waals surface area contributed by atoms with Crippen LogP contribution in [0.25, 0.3) is 0 Å². The molecule has 14 heavy (non-hydrogen) atoms. The molecule has 0 unspecified atom stereocenters. The van der Waals surface area contributed by atoms with E-state index in [2.05, 4.69) is 0 Å². The van der Waals surface area contributed by atoms with Crippen LogP contribution in [-0.2, 0) is 11.2 Å². The number of methoxy groups -OCH3 is 1. The zero-order valence-electron chi connectivity index (χ0n) is 8.63. The lowest BCUT2D eigenvalue weighted by atomic mass is 10.1. The van der Waals surface area contributed by atoms with Crippen molar-refractivity contribution >= 4 is 5.78 Å². The molecule has 0 spiro atoms. The molecule has 0 amide bonds. The zero-order chi connectivity index (χ0) is 10.7. The predicted octanol–water partition coefficient (Wildman–Crippen LogP) is 1.84. The van der Waals surface area contributed by atoms with Gasteiger partial charge < -0.3 is 9.84 Å². The van der Waals surface area contributed by atoms with Crippen LogP contribution in [0.1, 0.15) is 18.1 Å². The van der Waals surface area contributed by atoms with Gasteiger partial charge in [0.2, 0.25) is 0 Å². The van der Waals surface area contributed by atoms with Gasteiger partial charge in [-0.2, -0.15) is 0 Å². The molecule has 1 rings (SSSR count). The number of benzene rings is 1. The lowest BCUT2D eigenvalue weighted by Crippen LogP contribution is -1.98. The van der Waals surface area contributed by atoms with Gasteiger partial charge in [0.05, 0.1) is 7.11 Å². The molecule has 0 bridgehead atoms. The monoisotopic (exact) mass is 194 g/mol. The van der Waals surface area contributed by atoms with Gasteiger partial charge in [-0.15, -0.1) is 0 Å². The number of carbonyl (C=O) groups is 1. The number of Topliss-reactive ketones (excluding diaryl/α,β-unsaturated/α-hetero) is 1. The van der Waals surface area contributed by atoms with Crippen molar-refractivity contribution < 1.29 is 14.6 Å². The minimum absolute atomic E-state index is 0.0196. The number of ketones is 1. The van der Waals surface area contributed by atoms with Crippen molar-refractivity contribution in [1.82, 2.24) is 0 Å². The van der Waals surface area contributed by atoms with Crippen LogP contribution in [-0.4, -0.2) is 18.0 Å². The SMILES string of the molecule is COc1c(C)ccc(CC(C)=O)c1O. The number of hydrogen-bond donors (Lipinski definition) is 1. The molecule has 0 radical (unpaired) electrons. The van der Waals surface area contributed by atoms with Crippen LogP contribution in [0.4, 0.5) is 0 Å². The van der Waals surface area contributed by atoms with E-state index in [1.807, 2.05) is 13.0 Å². The maximum Gasteiger partial charge on any atom is 0.163 e. The fourth-order valence-electron chi connectivity index (χ4n) is 1.38. The highest BCUT2D eigenvalue weighted by Gasteiger charge is 2.11. The quantitative estimate of drug-likeness (QED) is 0.798. The van der Waals surface area contributed by atoms with E-state index in [-0.39, 0.29) is 18.0 Å². The number of phenols is 1. The molecule has 0 aliphatic rings. The first kappa shape index (κ1) is 10.6. The van der Waals surface area contributed by atoms with Crippen molar-refractivity contribution in [3.8, 4) is 11.5 Å². The van der Waals surface area contributed by atoms with Gasteiger partial charge in [0.15, 0.2) is 11.5 Å². The first-order chi connectivity index (χ1) is 6.56. The molecule has 0 saturated heterocycles. The Balaban J connectivity index is 3.14. The van der Waals surface area contributed by atoms with Crippen LogP contribution in [0.3, 0.4) is 0 Å². The van der Waals surface area contributed by atoms with Gasteiger partial charge in [-0.1, -0.05) is 12.1 Å². The summed E-state index contributed by atoms with van der Waals surface area (Å²) in [5.74, 6) is 0.539. The Kier molecular flexibility index (Phi) is 3.12. The van der Waals surface area contributed by atoms with E-state index >= 15 is 0 Å². The molecule has 0 atom stereocenters. The number of hydrogen-bond acceptors (Lipinski definition) is 3. The first-order valence-electron chi connectivity index (χ1n) is 4.41. The molecular formula is C11H14O3. The molecule has 0 aromatic heterocycles. The molecule has 0 aliphatic heterocycles. The third kappa shape index (κ3) is 2.05. The highest BCUT2D eigenvalue weighted by molar-refractivity contribution is 5.79. The summed E-state index contributed by atoms with van der Waals surface area (Å²) in [6, 6.07) is 3.57. The maximum atomic E-state index is 10.9. The third-order valence-corrected chi connectivity index (χ3v) is 2.06. The Hall–Kier alpha value is -1.51. The normalized spacial score (nSPS) is 9.93. The highest BCUT2D eigenvalue weighted by atomic mass is 16.5. The summed E-state index contributed by atoms with van der Waals surface area (Å²) in [4.78, 5) is 10.9. The molecule has 0 fully saturated rings. The minimum atomic E-state index is 0.0196. The summed E-state index contributed by atoms with van der Waals surface area (Å²) in [5, 5.41) is 9.74. The average Bonchev–Trinajstić information content (AvgIpc) is 2.10. The molecule has 0 heterocycles. The second-order valence-electron chi connectivity index (χ2n) is 3.30. The van der Waals surface area contributed by atoms with Crippen molar-refractivity contribution in [1.29, 1.82) is 0 Å². The van der Waals surface area contributed by atoms with Crippen LogP contribution in [0, 0.1) is 6.92 Å². The van der Waals surface area contributed by atoms with Gasteiger partial charge in [0, 0.05) is 12.0 Å². The average molecular weight is 194 g/mol. The predicted molar refractivity (Wildman–Crippen MR) is 53.8 cm³/mol. The zero-order valence-corrected chi connectivity index (χ0v) is 8.63. The van der Waals surface area contributed by atoms with Gasteiger partial charge in [-0.3, -0.25) is 4.79 Å². The molecule has 0 aliphatic carbocycles. The lowest BCUT2D eigenvalue weighted by molar-refractivity contribution is -0.116. The van der Waals surface area contributed by atoms with Crippen molar-refractivity contribution in [2.45, 2.75) is 20.3 Å². The number of ether oxygens (including phenoxy) is 1. The smallest absolute Gasteiger partial charge is 0.163 e. The van der Waals surface area contributed by atoms with Crippen LogP contribution < -0.4 is 4.74 Å². The van der Waals surface area contributed by atoms with E-state index < -0.39 is 0 Å².